The summed E-state index contributed by atoms with van der Waals surface area (Å²) in [6, 6.07) is 68.4. The van der Waals surface area contributed by atoms with Gasteiger partial charge in [-0.25, -0.2) is 19.9 Å². The molecule has 0 atom stereocenters. The van der Waals surface area contributed by atoms with Crippen LogP contribution in [0, 0.1) is 0 Å². The van der Waals surface area contributed by atoms with E-state index >= 15 is 0 Å². The summed E-state index contributed by atoms with van der Waals surface area (Å²) in [5.74, 6) is 0. The maximum Gasteiger partial charge on any atom is 0.0978 e. The summed E-state index contributed by atoms with van der Waals surface area (Å²) in [6.07, 6.45) is 0. The van der Waals surface area contributed by atoms with Crippen LogP contribution < -0.4 is 0 Å². The molecular formula is C54H32N4. The Morgan fingerprint density at radius 3 is 1.07 bits per heavy atom. The van der Waals surface area contributed by atoms with Gasteiger partial charge in [0.25, 0.3) is 0 Å². The van der Waals surface area contributed by atoms with Crippen molar-refractivity contribution in [2.24, 2.45) is 0 Å². The van der Waals surface area contributed by atoms with Gasteiger partial charge in [-0.1, -0.05) is 170 Å². The molecule has 268 valence electrons. The Labute approximate surface area is 333 Å². The predicted octanol–water partition coefficient (Wildman–Crippen LogP) is 14.0. The van der Waals surface area contributed by atoms with Crippen molar-refractivity contribution in [1.29, 1.82) is 0 Å². The van der Waals surface area contributed by atoms with E-state index in [1.54, 1.807) is 0 Å². The smallest absolute Gasteiger partial charge is 0.0978 e. The van der Waals surface area contributed by atoms with E-state index in [9.17, 15) is 0 Å². The molecule has 4 nitrogen and oxygen atoms in total. The molecule has 4 aromatic heterocycles. The lowest BCUT2D eigenvalue weighted by molar-refractivity contribution is 1.39. The first-order valence-electron chi connectivity index (χ1n) is 19.6. The summed E-state index contributed by atoms with van der Waals surface area (Å²) in [5.41, 5.74) is 14.1. The lowest BCUT2D eigenvalue weighted by atomic mass is 9.93. The molecular weight excluding hydrogens is 705 g/mol. The molecule has 0 spiro atoms. The van der Waals surface area contributed by atoms with Crippen LogP contribution in [0.25, 0.3) is 121 Å². The van der Waals surface area contributed by atoms with Gasteiger partial charge in [-0.2, -0.15) is 0 Å². The first-order chi connectivity index (χ1) is 28.8. The van der Waals surface area contributed by atoms with Crippen molar-refractivity contribution < 1.29 is 0 Å². The number of hydrogen-bond acceptors (Lipinski definition) is 4. The quantitative estimate of drug-likeness (QED) is 0.133. The van der Waals surface area contributed by atoms with Crippen LogP contribution in [0.5, 0.6) is 0 Å². The van der Waals surface area contributed by atoms with E-state index in [4.69, 9.17) is 19.9 Å². The number of hydrogen-bond donors (Lipinski definition) is 0. The van der Waals surface area contributed by atoms with Gasteiger partial charge in [0.15, 0.2) is 0 Å². The van der Waals surface area contributed by atoms with Crippen LogP contribution in [-0.4, -0.2) is 19.9 Å². The molecule has 0 N–H and O–H groups in total. The van der Waals surface area contributed by atoms with Gasteiger partial charge in [-0.05, 0) is 46.2 Å². The van der Waals surface area contributed by atoms with Gasteiger partial charge in [0.2, 0.25) is 0 Å². The number of nitrogens with zero attached hydrogens (tertiary/aromatic N) is 4. The minimum Gasteiger partial charge on any atom is -0.245 e. The number of rotatable bonds is 4. The summed E-state index contributed by atoms with van der Waals surface area (Å²) >= 11 is 0. The highest BCUT2D eigenvalue weighted by Gasteiger charge is 2.18. The highest BCUT2D eigenvalue weighted by atomic mass is 14.8. The van der Waals surface area contributed by atoms with E-state index in [1.165, 1.54) is 22.3 Å². The number of pyridine rings is 4. The molecule has 0 fully saturated rings. The van der Waals surface area contributed by atoms with Crippen LogP contribution in [0.2, 0.25) is 0 Å². The van der Waals surface area contributed by atoms with Crippen LogP contribution in [0.15, 0.2) is 194 Å². The van der Waals surface area contributed by atoms with E-state index in [-0.39, 0.29) is 0 Å². The minimum absolute atomic E-state index is 0.893. The zero-order chi connectivity index (χ0) is 38.2. The van der Waals surface area contributed by atoms with Crippen molar-refractivity contribution in [3.63, 3.8) is 0 Å². The molecule has 12 aromatic rings. The molecule has 0 amide bonds. The molecule has 58 heavy (non-hydrogen) atoms. The standard InChI is InChI=1S/C54H32N4/c1-3-13-33(14-4-1)49-41-19-9-11-21-45(41)57-53-43(49)27-23-35-25-31-47(55-51(35)53)39-29-30-40(38-18-8-7-17-37(38)39)48-32-26-36-24-28-44-50(34-15-5-2-6-16-34)42-20-10-12-22-46(42)58-54(44)52(36)56-48/h1-32H. The summed E-state index contributed by atoms with van der Waals surface area (Å²) < 4.78 is 0. The summed E-state index contributed by atoms with van der Waals surface area (Å²) in [4.78, 5) is 21.3. The van der Waals surface area contributed by atoms with Crippen molar-refractivity contribution >= 4 is 76.2 Å². The van der Waals surface area contributed by atoms with Crippen LogP contribution in [-0.2, 0) is 0 Å². The van der Waals surface area contributed by atoms with Gasteiger partial charge in [0, 0.05) is 54.6 Å². The number of benzene rings is 8. The van der Waals surface area contributed by atoms with Gasteiger partial charge in [-0.15, -0.1) is 0 Å². The molecule has 12 rings (SSSR count). The molecule has 0 saturated heterocycles. The third kappa shape index (κ3) is 5.02. The molecule has 4 heterocycles. The highest BCUT2D eigenvalue weighted by molar-refractivity contribution is 6.18. The third-order valence-electron chi connectivity index (χ3n) is 11.6. The van der Waals surface area contributed by atoms with Crippen molar-refractivity contribution in [2.75, 3.05) is 0 Å². The van der Waals surface area contributed by atoms with Gasteiger partial charge >= 0.3 is 0 Å². The van der Waals surface area contributed by atoms with Crippen molar-refractivity contribution in [3.05, 3.63) is 194 Å². The van der Waals surface area contributed by atoms with Gasteiger partial charge in [0.1, 0.15) is 0 Å². The van der Waals surface area contributed by atoms with Crippen LogP contribution in [0.1, 0.15) is 0 Å². The maximum absolute atomic E-state index is 5.41. The zero-order valence-corrected chi connectivity index (χ0v) is 31.3. The molecule has 0 aliphatic rings. The topological polar surface area (TPSA) is 51.6 Å². The maximum atomic E-state index is 5.41. The summed E-state index contributed by atoms with van der Waals surface area (Å²) in [6.45, 7) is 0. The Bertz CT molecular complexity index is 3380. The summed E-state index contributed by atoms with van der Waals surface area (Å²) in [5, 5.41) is 8.80. The Morgan fingerprint density at radius 1 is 0.241 bits per heavy atom. The fraction of sp³-hybridized carbons (Fsp3) is 0. The average Bonchev–Trinajstić information content (AvgIpc) is 3.30. The largest absolute Gasteiger partial charge is 0.245 e. The minimum atomic E-state index is 0.893. The van der Waals surface area contributed by atoms with Crippen LogP contribution in [0.3, 0.4) is 0 Å². The van der Waals surface area contributed by atoms with Crippen molar-refractivity contribution in [3.8, 4) is 44.8 Å². The van der Waals surface area contributed by atoms with Crippen LogP contribution in [0.4, 0.5) is 0 Å². The molecule has 0 bridgehead atoms. The first-order valence-corrected chi connectivity index (χ1v) is 19.6. The monoisotopic (exact) mass is 736 g/mol. The Morgan fingerprint density at radius 2 is 0.621 bits per heavy atom. The fourth-order valence-electron chi connectivity index (χ4n) is 8.95. The number of para-hydroxylation sites is 2. The molecule has 0 saturated carbocycles. The summed E-state index contributed by atoms with van der Waals surface area (Å²) in [7, 11) is 0. The Hall–Kier alpha value is -7.82. The third-order valence-corrected chi connectivity index (χ3v) is 11.6. The zero-order valence-electron chi connectivity index (χ0n) is 31.3. The Balaban J connectivity index is 1.05. The van der Waals surface area contributed by atoms with Gasteiger partial charge < -0.3 is 0 Å². The first kappa shape index (κ1) is 32.4. The SMILES string of the molecule is c1ccc(-c2c3ccccc3nc3c2ccc2ccc(-c4ccc(-c5ccc6ccc7c(-c8ccccc8)c8ccccc8nc7c6n5)c5ccccc45)nc23)cc1. The van der Waals surface area contributed by atoms with E-state index in [0.29, 0.717) is 0 Å². The number of aromatic nitrogens is 4. The predicted molar refractivity (Wildman–Crippen MR) is 242 cm³/mol. The average molecular weight is 737 g/mol. The number of fused-ring (bicyclic) bond motifs is 9. The van der Waals surface area contributed by atoms with Gasteiger partial charge in [0.05, 0.1) is 44.5 Å². The van der Waals surface area contributed by atoms with E-state index in [1.807, 2.05) is 0 Å². The molecule has 4 heteroatoms. The van der Waals surface area contributed by atoms with E-state index < -0.39 is 0 Å². The second-order valence-electron chi connectivity index (χ2n) is 14.9. The lowest BCUT2D eigenvalue weighted by Gasteiger charge is -2.15. The van der Waals surface area contributed by atoms with Crippen molar-refractivity contribution in [1.82, 2.24) is 19.9 Å². The normalized spacial score (nSPS) is 11.8. The lowest BCUT2D eigenvalue weighted by Crippen LogP contribution is -1.95. The van der Waals surface area contributed by atoms with Gasteiger partial charge in [-0.3, -0.25) is 0 Å². The van der Waals surface area contributed by atoms with E-state index in [2.05, 4.69) is 194 Å². The molecule has 0 unspecified atom stereocenters. The molecule has 0 aliphatic heterocycles. The molecule has 8 aromatic carbocycles. The van der Waals surface area contributed by atoms with Crippen molar-refractivity contribution in [2.45, 2.75) is 0 Å². The highest BCUT2D eigenvalue weighted by Crippen LogP contribution is 2.41. The molecule has 0 aliphatic carbocycles. The van der Waals surface area contributed by atoms with E-state index in [0.717, 1.165) is 98.7 Å². The second kappa shape index (κ2) is 12.9. The van der Waals surface area contributed by atoms with Crippen LogP contribution >= 0.6 is 0 Å². The Kier molecular flexibility index (Phi) is 7.20. The fourth-order valence-corrected chi connectivity index (χ4v) is 8.95. The second-order valence-corrected chi connectivity index (χ2v) is 14.9. The molecule has 0 radical (unpaired) electrons.